The first kappa shape index (κ1) is 15.7. The molecule has 0 aliphatic heterocycles. The number of anilines is 1. The Morgan fingerprint density at radius 2 is 2.00 bits per heavy atom. The van der Waals surface area contributed by atoms with Gasteiger partial charge in [-0.2, -0.15) is 5.26 Å². The monoisotopic (exact) mass is 274 g/mol. The molecule has 0 aromatic heterocycles. The minimum Gasteiger partial charge on any atom is -0.469 e. The van der Waals surface area contributed by atoms with Crippen LogP contribution in [0.25, 0.3) is 0 Å². The van der Waals surface area contributed by atoms with Gasteiger partial charge in [0, 0.05) is 11.7 Å². The van der Waals surface area contributed by atoms with Crippen LogP contribution >= 0.6 is 0 Å². The maximum absolute atomic E-state index is 12.2. The summed E-state index contributed by atoms with van der Waals surface area (Å²) in [6.45, 7) is 1.89. The Morgan fingerprint density at radius 3 is 2.50 bits per heavy atom. The lowest BCUT2D eigenvalue weighted by Gasteiger charge is -2.30. The molecule has 0 bridgehead atoms. The molecule has 0 saturated heterocycles. The van der Waals surface area contributed by atoms with Crippen LogP contribution in [0.2, 0.25) is 0 Å². The Kier molecular flexibility index (Phi) is 6.24. The standard InChI is InChI=1S/C15H18N2O3/c1-3-12(11-15(19)20-2)17(14(18)9-10-16)13-7-5-4-6-8-13/h4-8,12H,3,9,11H2,1-2H3. The number of hydrogen-bond acceptors (Lipinski definition) is 4. The summed E-state index contributed by atoms with van der Waals surface area (Å²) < 4.78 is 4.67. The van der Waals surface area contributed by atoms with Gasteiger partial charge in [-0.15, -0.1) is 0 Å². The quantitative estimate of drug-likeness (QED) is 0.746. The Balaban J connectivity index is 3.06. The van der Waals surface area contributed by atoms with Crippen LogP contribution in [0.5, 0.6) is 0 Å². The van der Waals surface area contributed by atoms with Crippen molar-refractivity contribution in [3.8, 4) is 6.07 Å². The minimum absolute atomic E-state index is 0.110. The minimum atomic E-state index is -0.373. The van der Waals surface area contributed by atoms with Gasteiger partial charge in [-0.05, 0) is 18.6 Å². The zero-order chi connectivity index (χ0) is 15.0. The van der Waals surface area contributed by atoms with Crippen LogP contribution in [0.15, 0.2) is 30.3 Å². The first-order valence-electron chi connectivity index (χ1n) is 6.44. The fourth-order valence-electron chi connectivity index (χ4n) is 1.99. The van der Waals surface area contributed by atoms with Crippen LogP contribution in [-0.2, 0) is 14.3 Å². The highest BCUT2D eigenvalue weighted by Gasteiger charge is 2.26. The van der Waals surface area contributed by atoms with Gasteiger partial charge >= 0.3 is 5.97 Å². The number of nitrogens with zero attached hydrogens (tertiary/aromatic N) is 2. The second-order valence-electron chi connectivity index (χ2n) is 4.28. The van der Waals surface area contributed by atoms with Crippen molar-refractivity contribution >= 4 is 17.6 Å². The molecular formula is C15H18N2O3. The predicted octanol–water partition coefficient (Wildman–Crippen LogP) is 2.27. The maximum atomic E-state index is 12.2. The summed E-state index contributed by atoms with van der Waals surface area (Å²) >= 11 is 0. The van der Waals surface area contributed by atoms with Crippen LogP contribution in [0, 0.1) is 11.3 Å². The van der Waals surface area contributed by atoms with Crippen molar-refractivity contribution in [2.75, 3.05) is 12.0 Å². The van der Waals surface area contributed by atoms with E-state index in [-0.39, 0.29) is 30.8 Å². The van der Waals surface area contributed by atoms with Crippen molar-refractivity contribution < 1.29 is 14.3 Å². The Labute approximate surface area is 118 Å². The second kappa shape index (κ2) is 7.95. The van der Waals surface area contributed by atoms with E-state index in [1.165, 1.54) is 12.0 Å². The molecule has 1 aromatic carbocycles. The summed E-state index contributed by atoms with van der Waals surface area (Å²) in [6.07, 6.45) is 0.493. The number of carbonyl (C=O) groups is 2. The molecule has 0 N–H and O–H groups in total. The highest BCUT2D eigenvalue weighted by Crippen LogP contribution is 2.21. The molecule has 5 nitrogen and oxygen atoms in total. The number of esters is 1. The number of hydrogen-bond donors (Lipinski definition) is 0. The lowest BCUT2D eigenvalue weighted by Crippen LogP contribution is -2.41. The highest BCUT2D eigenvalue weighted by atomic mass is 16.5. The average Bonchev–Trinajstić information content (AvgIpc) is 2.47. The number of benzene rings is 1. The summed E-state index contributed by atoms with van der Waals surface area (Å²) in [6, 6.07) is 10.6. The number of para-hydroxylation sites is 1. The van der Waals surface area contributed by atoms with E-state index in [1.54, 1.807) is 12.1 Å². The topological polar surface area (TPSA) is 70.4 Å². The normalized spacial score (nSPS) is 11.2. The molecule has 0 radical (unpaired) electrons. The zero-order valence-corrected chi connectivity index (χ0v) is 11.7. The van der Waals surface area contributed by atoms with E-state index in [1.807, 2.05) is 31.2 Å². The van der Waals surface area contributed by atoms with Crippen LogP contribution in [0.1, 0.15) is 26.2 Å². The Bertz CT molecular complexity index is 494. The Morgan fingerprint density at radius 1 is 1.35 bits per heavy atom. The lowest BCUT2D eigenvalue weighted by molar-refractivity contribution is -0.141. The van der Waals surface area contributed by atoms with E-state index in [4.69, 9.17) is 5.26 Å². The number of nitriles is 1. The molecule has 1 amide bonds. The first-order chi connectivity index (χ1) is 9.63. The van der Waals surface area contributed by atoms with Gasteiger partial charge in [-0.1, -0.05) is 25.1 Å². The summed E-state index contributed by atoms with van der Waals surface area (Å²) in [7, 11) is 1.32. The number of ether oxygens (including phenoxy) is 1. The molecule has 1 unspecified atom stereocenters. The first-order valence-corrected chi connectivity index (χ1v) is 6.44. The third kappa shape index (κ3) is 4.09. The molecule has 0 fully saturated rings. The SMILES string of the molecule is CCC(CC(=O)OC)N(C(=O)CC#N)c1ccccc1. The van der Waals surface area contributed by atoms with E-state index < -0.39 is 0 Å². The smallest absolute Gasteiger partial charge is 0.307 e. The lowest BCUT2D eigenvalue weighted by atomic mass is 10.1. The molecule has 0 saturated carbocycles. The van der Waals surface area contributed by atoms with Crippen molar-refractivity contribution in [1.82, 2.24) is 0 Å². The van der Waals surface area contributed by atoms with Crippen molar-refractivity contribution in [2.24, 2.45) is 0 Å². The fraction of sp³-hybridized carbons (Fsp3) is 0.400. The van der Waals surface area contributed by atoms with Crippen LogP contribution < -0.4 is 4.90 Å². The van der Waals surface area contributed by atoms with E-state index in [0.29, 0.717) is 12.1 Å². The van der Waals surface area contributed by atoms with E-state index in [9.17, 15) is 9.59 Å². The van der Waals surface area contributed by atoms with E-state index >= 15 is 0 Å². The molecule has 1 atom stereocenters. The number of rotatable bonds is 6. The molecule has 20 heavy (non-hydrogen) atoms. The molecule has 0 aliphatic rings. The fourth-order valence-corrected chi connectivity index (χ4v) is 1.99. The van der Waals surface area contributed by atoms with Gasteiger partial charge in [0.2, 0.25) is 5.91 Å². The van der Waals surface area contributed by atoms with Gasteiger partial charge in [-0.25, -0.2) is 0 Å². The van der Waals surface area contributed by atoms with Crippen molar-refractivity contribution in [3.05, 3.63) is 30.3 Å². The van der Waals surface area contributed by atoms with Gasteiger partial charge in [0.15, 0.2) is 0 Å². The molecule has 5 heteroatoms. The average molecular weight is 274 g/mol. The zero-order valence-electron chi connectivity index (χ0n) is 11.7. The van der Waals surface area contributed by atoms with Crippen LogP contribution in [0.4, 0.5) is 5.69 Å². The molecule has 1 rings (SSSR count). The van der Waals surface area contributed by atoms with E-state index in [2.05, 4.69) is 4.74 Å². The van der Waals surface area contributed by atoms with Gasteiger partial charge in [0.05, 0.1) is 19.6 Å². The molecule has 1 aromatic rings. The van der Waals surface area contributed by atoms with Crippen LogP contribution in [-0.4, -0.2) is 25.0 Å². The predicted molar refractivity (Wildman–Crippen MR) is 74.9 cm³/mol. The number of methoxy groups -OCH3 is 1. The summed E-state index contributed by atoms with van der Waals surface area (Å²) in [5.74, 6) is -0.683. The van der Waals surface area contributed by atoms with Crippen molar-refractivity contribution in [1.29, 1.82) is 5.26 Å². The molecule has 106 valence electrons. The van der Waals surface area contributed by atoms with Crippen molar-refractivity contribution in [2.45, 2.75) is 32.2 Å². The van der Waals surface area contributed by atoms with Crippen LogP contribution in [0.3, 0.4) is 0 Å². The molecular weight excluding hydrogens is 256 g/mol. The number of carbonyl (C=O) groups excluding carboxylic acids is 2. The van der Waals surface area contributed by atoms with Gasteiger partial charge in [0.25, 0.3) is 0 Å². The molecule has 0 spiro atoms. The molecule has 0 heterocycles. The third-order valence-electron chi connectivity index (χ3n) is 3.00. The Hall–Kier alpha value is -2.35. The summed E-state index contributed by atoms with van der Waals surface area (Å²) in [5.41, 5.74) is 0.684. The van der Waals surface area contributed by atoms with Crippen molar-refractivity contribution in [3.63, 3.8) is 0 Å². The number of amides is 1. The van der Waals surface area contributed by atoms with Gasteiger partial charge in [0.1, 0.15) is 6.42 Å². The largest absolute Gasteiger partial charge is 0.469 e. The van der Waals surface area contributed by atoms with Gasteiger partial charge < -0.3 is 9.64 Å². The van der Waals surface area contributed by atoms with E-state index in [0.717, 1.165) is 0 Å². The summed E-state index contributed by atoms with van der Waals surface area (Å²) in [4.78, 5) is 25.2. The molecule has 0 aliphatic carbocycles. The maximum Gasteiger partial charge on any atom is 0.307 e. The van der Waals surface area contributed by atoms with Gasteiger partial charge in [-0.3, -0.25) is 9.59 Å². The highest BCUT2D eigenvalue weighted by molar-refractivity contribution is 5.95. The second-order valence-corrected chi connectivity index (χ2v) is 4.28. The third-order valence-corrected chi connectivity index (χ3v) is 3.00. The summed E-state index contributed by atoms with van der Waals surface area (Å²) in [5, 5.41) is 8.73.